The zero-order valence-electron chi connectivity index (χ0n) is 10.1. The second-order valence-corrected chi connectivity index (χ2v) is 4.31. The third-order valence-corrected chi connectivity index (χ3v) is 2.96. The Hall–Kier alpha value is -1.79. The molecule has 1 aliphatic heterocycles. The molecule has 0 bridgehead atoms. The lowest BCUT2D eigenvalue weighted by Crippen LogP contribution is -2.37. The second-order valence-electron chi connectivity index (χ2n) is 4.31. The van der Waals surface area contributed by atoms with E-state index >= 15 is 0 Å². The first-order valence-electron chi connectivity index (χ1n) is 5.89. The first-order chi connectivity index (χ1) is 9.00. The largest absolute Gasteiger partial charge is 0.488 e. The summed E-state index contributed by atoms with van der Waals surface area (Å²) in [5.74, 6) is -0.250. The Morgan fingerprint density at radius 2 is 2.05 bits per heavy atom. The van der Waals surface area contributed by atoms with Crippen molar-refractivity contribution < 1.29 is 22.7 Å². The fourth-order valence-electron chi connectivity index (χ4n) is 1.98. The van der Waals surface area contributed by atoms with E-state index in [0.717, 1.165) is 12.6 Å². The number of aromatic nitrogens is 1. The van der Waals surface area contributed by atoms with Gasteiger partial charge >= 0.3 is 6.18 Å². The molecule has 7 heteroatoms. The van der Waals surface area contributed by atoms with Crippen LogP contribution in [0.25, 0.3) is 0 Å². The van der Waals surface area contributed by atoms with Crippen LogP contribution in [0.15, 0.2) is 18.3 Å². The van der Waals surface area contributed by atoms with E-state index in [1.807, 2.05) is 0 Å². The van der Waals surface area contributed by atoms with E-state index < -0.39 is 11.9 Å². The van der Waals surface area contributed by atoms with Crippen LogP contribution < -0.4 is 4.74 Å². The quantitative estimate of drug-likeness (QED) is 0.793. The first kappa shape index (κ1) is 13.6. The monoisotopic (exact) mass is 274 g/mol. The molecule has 0 radical (unpaired) electrons. The van der Waals surface area contributed by atoms with E-state index in [1.54, 1.807) is 4.90 Å². The molecule has 1 aromatic heterocycles. The van der Waals surface area contributed by atoms with Crippen molar-refractivity contribution in [1.82, 2.24) is 9.88 Å². The predicted octanol–water partition coefficient (Wildman–Crippen LogP) is 2.10. The summed E-state index contributed by atoms with van der Waals surface area (Å²) in [5, 5.41) is 0. The number of ether oxygens (including phenoxy) is 1. The fraction of sp³-hybridized carbons (Fsp3) is 0.500. The molecule has 0 saturated carbocycles. The molecule has 0 spiro atoms. The maximum Gasteiger partial charge on any atom is 0.437 e. The van der Waals surface area contributed by atoms with Crippen molar-refractivity contribution in [2.24, 2.45) is 0 Å². The number of halogens is 3. The Balaban J connectivity index is 2.06. The number of carbonyl (C=O) groups is 1. The van der Waals surface area contributed by atoms with Crippen LogP contribution in [0.5, 0.6) is 5.75 Å². The van der Waals surface area contributed by atoms with Crippen molar-refractivity contribution in [2.75, 3.05) is 13.1 Å². The van der Waals surface area contributed by atoms with Gasteiger partial charge in [0.1, 0.15) is 6.10 Å². The zero-order valence-corrected chi connectivity index (χ0v) is 10.1. The smallest absolute Gasteiger partial charge is 0.437 e. The molecule has 1 fully saturated rings. The lowest BCUT2D eigenvalue weighted by Gasteiger charge is -2.30. The van der Waals surface area contributed by atoms with Crippen LogP contribution in [0.4, 0.5) is 13.2 Å². The molecule has 1 saturated heterocycles. The number of likely N-dealkylation sites (tertiary alicyclic amines) is 1. The predicted molar refractivity (Wildman–Crippen MR) is 60.5 cm³/mol. The molecular weight excluding hydrogens is 261 g/mol. The minimum atomic E-state index is -4.53. The van der Waals surface area contributed by atoms with E-state index in [1.165, 1.54) is 12.1 Å². The number of amides is 1. The van der Waals surface area contributed by atoms with Crippen molar-refractivity contribution in [3.8, 4) is 5.75 Å². The van der Waals surface area contributed by atoms with Crippen molar-refractivity contribution in [2.45, 2.75) is 25.1 Å². The highest BCUT2D eigenvalue weighted by Crippen LogP contribution is 2.35. The third kappa shape index (κ3) is 3.36. The van der Waals surface area contributed by atoms with E-state index in [0.29, 0.717) is 25.9 Å². The molecule has 0 atom stereocenters. The summed E-state index contributed by atoms with van der Waals surface area (Å²) >= 11 is 0. The van der Waals surface area contributed by atoms with Gasteiger partial charge in [0.25, 0.3) is 0 Å². The Kier molecular flexibility index (Phi) is 3.92. The van der Waals surface area contributed by atoms with Gasteiger partial charge in [-0.2, -0.15) is 13.2 Å². The Morgan fingerprint density at radius 1 is 1.37 bits per heavy atom. The highest BCUT2D eigenvalue weighted by molar-refractivity contribution is 5.47. The zero-order chi connectivity index (χ0) is 13.9. The molecular formula is C12H13F3N2O2. The summed E-state index contributed by atoms with van der Waals surface area (Å²) in [4.78, 5) is 15.4. The van der Waals surface area contributed by atoms with Gasteiger partial charge in [-0.15, -0.1) is 0 Å². The van der Waals surface area contributed by atoms with Gasteiger partial charge in [-0.05, 0) is 12.1 Å². The number of alkyl halides is 3. The van der Waals surface area contributed by atoms with Crippen LogP contribution in [-0.4, -0.2) is 35.5 Å². The number of nitrogens with zero attached hydrogens (tertiary/aromatic N) is 2. The van der Waals surface area contributed by atoms with Crippen molar-refractivity contribution in [3.63, 3.8) is 0 Å². The Morgan fingerprint density at radius 3 is 2.63 bits per heavy atom. The minimum Gasteiger partial charge on any atom is -0.488 e. The maximum absolute atomic E-state index is 12.7. The van der Waals surface area contributed by atoms with Gasteiger partial charge in [0, 0.05) is 32.1 Å². The number of piperidine rings is 1. The van der Waals surface area contributed by atoms with Gasteiger partial charge in [0.2, 0.25) is 6.41 Å². The molecule has 0 N–H and O–H groups in total. The average Bonchev–Trinajstić information content (AvgIpc) is 2.39. The van der Waals surface area contributed by atoms with Crippen LogP contribution in [0.3, 0.4) is 0 Å². The Bertz CT molecular complexity index is 443. The topological polar surface area (TPSA) is 42.4 Å². The average molecular weight is 274 g/mol. The van der Waals surface area contributed by atoms with E-state index in [9.17, 15) is 18.0 Å². The van der Waals surface area contributed by atoms with E-state index in [-0.39, 0.29) is 11.9 Å². The second kappa shape index (κ2) is 5.46. The van der Waals surface area contributed by atoms with Gasteiger partial charge in [0.05, 0.1) is 0 Å². The van der Waals surface area contributed by atoms with Crippen LogP contribution in [0.1, 0.15) is 18.5 Å². The van der Waals surface area contributed by atoms with Gasteiger partial charge < -0.3 is 9.64 Å². The number of pyridine rings is 1. The minimum absolute atomic E-state index is 0.250. The molecule has 0 aliphatic carbocycles. The molecule has 2 rings (SSSR count). The van der Waals surface area contributed by atoms with Gasteiger partial charge in [-0.1, -0.05) is 0 Å². The van der Waals surface area contributed by atoms with E-state index in [2.05, 4.69) is 4.98 Å². The number of rotatable bonds is 3. The number of hydrogen-bond acceptors (Lipinski definition) is 3. The van der Waals surface area contributed by atoms with Crippen LogP contribution >= 0.6 is 0 Å². The summed E-state index contributed by atoms with van der Waals surface area (Å²) < 4.78 is 43.5. The van der Waals surface area contributed by atoms with Crippen LogP contribution in [0, 0.1) is 0 Å². The molecule has 0 unspecified atom stereocenters. The van der Waals surface area contributed by atoms with Crippen molar-refractivity contribution in [1.29, 1.82) is 0 Å². The third-order valence-electron chi connectivity index (χ3n) is 2.96. The van der Waals surface area contributed by atoms with Crippen LogP contribution in [0.2, 0.25) is 0 Å². The standard InChI is InChI=1S/C12H13F3N2O2/c13-12(14,15)11-10(2-1-5-16-11)19-9-3-6-17(8-18)7-4-9/h1-2,5,8-9H,3-4,6-7H2. The summed E-state index contributed by atoms with van der Waals surface area (Å²) in [6.45, 7) is 0.992. The fourth-order valence-corrected chi connectivity index (χ4v) is 1.98. The lowest BCUT2D eigenvalue weighted by molar-refractivity contribution is -0.143. The molecule has 4 nitrogen and oxygen atoms in total. The van der Waals surface area contributed by atoms with Crippen LogP contribution in [-0.2, 0) is 11.0 Å². The first-order valence-corrected chi connectivity index (χ1v) is 5.89. The maximum atomic E-state index is 12.7. The molecule has 0 aromatic carbocycles. The summed E-state index contributed by atoms with van der Waals surface area (Å²) in [6, 6.07) is 2.67. The summed E-state index contributed by atoms with van der Waals surface area (Å²) in [5.41, 5.74) is -1.01. The normalized spacial score (nSPS) is 17.3. The highest BCUT2D eigenvalue weighted by Gasteiger charge is 2.37. The van der Waals surface area contributed by atoms with Gasteiger partial charge in [-0.3, -0.25) is 4.79 Å². The van der Waals surface area contributed by atoms with Gasteiger partial charge in [-0.25, -0.2) is 4.98 Å². The summed E-state index contributed by atoms with van der Waals surface area (Å²) in [6.07, 6.45) is -1.98. The number of carbonyl (C=O) groups excluding carboxylic acids is 1. The van der Waals surface area contributed by atoms with Crippen molar-refractivity contribution in [3.05, 3.63) is 24.0 Å². The number of hydrogen-bond donors (Lipinski definition) is 0. The highest BCUT2D eigenvalue weighted by atomic mass is 19.4. The van der Waals surface area contributed by atoms with Crippen molar-refractivity contribution >= 4 is 6.41 Å². The molecule has 19 heavy (non-hydrogen) atoms. The SMILES string of the molecule is O=CN1CCC(Oc2cccnc2C(F)(F)F)CC1. The van der Waals surface area contributed by atoms with E-state index in [4.69, 9.17) is 4.74 Å². The molecule has 1 aliphatic rings. The molecule has 104 valence electrons. The lowest BCUT2D eigenvalue weighted by atomic mass is 10.1. The molecule has 1 aromatic rings. The molecule has 1 amide bonds. The Labute approximate surface area is 108 Å². The summed E-state index contributed by atoms with van der Waals surface area (Å²) in [7, 11) is 0. The van der Waals surface area contributed by atoms with Gasteiger partial charge in [0.15, 0.2) is 11.4 Å². The molecule has 2 heterocycles.